The van der Waals surface area contributed by atoms with Gasteiger partial charge in [-0.25, -0.2) is 8.78 Å². The zero-order valence-electron chi connectivity index (χ0n) is 9.18. The molecule has 0 saturated heterocycles. The van der Waals surface area contributed by atoms with E-state index in [9.17, 15) is 8.78 Å². The first-order valence-corrected chi connectivity index (χ1v) is 6.36. The second kappa shape index (κ2) is 5.67. The third-order valence-electron chi connectivity index (χ3n) is 2.41. The minimum absolute atomic E-state index is 0.108. The summed E-state index contributed by atoms with van der Waals surface area (Å²) in [5, 5.41) is 3.48. The van der Waals surface area contributed by atoms with Crippen LogP contribution in [0, 0.1) is 11.6 Å². The highest BCUT2D eigenvalue weighted by Gasteiger charge is 2.07. The summed E-state index contributed by atoms with van der Waals surface area (Å²) in [5.41, 5.74) is 1.06. The molecule has 0 saturated carbocycles. The second-order valence-electron chi connectivity index (χ2n) is 3.73. The van der Waals surface area contributed by atoms with Crippen molar-refractivity contribution in [2.24, 2.45) is 0 Å². The van der Waals surface area contributed by atoms with Crippen LogP contribution in [-0.2, 0) is 6.54 Å². The van der Waals surface area contributed by atoms with Crippen LogP contribution in [0.4, 0.5) is 14.5 Å². The van der Waals surface area contributed by atoms with Crippen molar-refractivity contribution in [2.75, 3.05) is 5.32 Å². The van der Waals surface area contributed by atoms with Crippen LogP contribution in [0.2, 0.25) is 5.02 Å². The number of hydrogen-bond donors (Lipinski definition) is 1. The van der Waals surface area contributed by atoms with Gasteiger partial charge in [0, 0.05) is 17.6 Å². The van der Waals surface area contributed by atoms with Crippen molar-refractivity contribution in [1.29, 1.82) is 0 Å². The predicted octanol–water partition coefficient (Wildman–Crippen LogP) is 4.99. The molecule has 5 heteroatoms. The molecule has 0 radical (unpaired) electrons. The number of anilines is 1. The fourth-order valence-electron chi connectivity index (χ4n) is 1.46. The van der Waals surface area contributed by atoms with E-state index in [0.717, 1.165) is 17.7 Å². The molecule has 1 nitrogen and oxygen atoms in total. The predicted molar refractivity (Wildman–Crippen MR) is 72.8 cm³/mol. The quantitative estimate of drug-likeness (QED) is 0.781. The van der Waals surface area contributed by atoms with Crippen molar-refractivity contribution in [1.82, 2.24) is 0 Å². The SMILES string of the molecule is Fc1cc(NCc2ccc(Cl)cc2)c(F)cc1Br. The minimum atomic E-state index is -0.505. The number of nitrogens with one attached hydrogen (secondary N) is 1. The normalized spacial score (nSPS) is 10.4. The molecule has 0 bridgehead atoms. The van der Waals surface area contributed by atoms with Crippen LogP contribution in [0.15, 0.2) is 40.9 Å². The van der Waals surface area contributed by atoms with Crippen molar-refractivity contribution in [3.63, 3.8) is 0 Å². The van der Waals surface area contributed by atoms with Gasteiger partial charge in [0.15, 0.2) is 0 Å². The third kappa shape index (κ3) is 3.21. The highest BCUT2D eigenvalue weighted by molar-refractivity contribution is 9.10. The minimum Gasteiger partial charge on any atom is -0.379 e. The van der Waals surface area contributed by atoms with E-state index in [1.807, 2.05) is 12.1 Å². The number of benzene rings is 2. The smallest absolute Gasteiger partial charge is 0.147 e. The van der Waals surface area contributed by atoms with Gasteiger partial charge in [-0.3, -0.25) is 0 Å². The molecule has 0 aliphatic carbocycles. The second-order valence-corrected chi connectivity index (χ2v) is 5.02. The zero-order chi connectivity index (χ0) is 13.1. The average Bonchev–Trinajstić information content (AvgIpc) is 2.34. The third-order valence-corrected chi connectivity index (χ3v) is 3.27. The van der Waals surface area contributed by atoms with Crippen LogP contribution in [0.5, 0.6) is 0 Å². The molecule has 0 aliphatic heterocycles. The molecule has 0 fully saturated rings. The monoisotopic (exact) mass is 331 g/mol. The van der Waals surface area contributed by atoms with E-state index in [2.05, 4.69) is 21.2 Å². The van der Waals surface area contributed by atoms with E-state index >= 15 is 0 Å². The van der Waals surface area contributed by atoms with Crippen LogP contribution in [0.25, 0.3) is 0 Å². The van der Waals surface area contributed by atoms with Gasteiger partial charge in [-0.1, -0.05) is 23.7 Å². The summed E-state index contributed by atoms with van der Waals surface area (Å²) in [5.74, 6) is -1.01. The lowest BCUT2D eigenvalue weighted by molar-refractivity contribution is 0.596. The molecule has 1 N–H and O–H groups in total. The Kier molecular flexibility index (Phi) is 4.19. The van der Waals surface area contributed by atoms with Gasteiger partial charge in [0.05, 0.1) is 10.2 Å². The highest BCUT2D eigenvalue weighted by Crippen LogP contribution is 2.23. The topological polar surface area (TPSA) is 12.0 Å². The summed E-state index contributed by atoms with van der Waals surface area (Å²) < 4.78 is 26.9. The molecule has 0 aromatic heterocycles. The summed E-state index contributed by atoms with van der Waals surface area (Å²) in [6, 6.07) is 9.36. The Bertz CT molecular complexity index is 558. The van der Waals surface area contributed by atoms with Gasteiger partial charge in [0.1, 0.15) is 11.6 Å². The van der Waals surface area contributed by atoms with Gasteiger partial charge in [-0.05, 0) is 39.7 Å². The Morgan fingerprint density at radius 2 is 1.72 bits per heavy atom. The molecule has 18 heavy (non-hydrogen) atoms. The van der Waals surface area contributed by atoms with E-state index in [1.165, 1.54) is 0 Å². The lowest BCUT2D eigenvalue weighted by Crippen LogP contribution is -2.02. The van der Waals surface area contributed by atoms with E-state index in [4.69, 9.17) is 11.6 Å². The summed E-state index contributed by atoms with van der Waals surface area (Å²) in [6.07, 6.45) is 0. The lowest BCUT2D eigenvalue weighted by Gasteiger charge is -2.08. The lowest BCUT2D eigenvalue weighted by atomic mass is 10.2. The van der Waals surface area contributed by atoms with E-state index < -0.39 is 11.6 Å². The van der Waals surface area contributed by atoms with Gasteiger partial charge in [-0.15, -0.1) is 0 Å². The first kappa shape index (κ1) is 13.3. The first-order valence-electron chi connectivity index (χ1n) is 5.19. The molecule has 0 atom stereocenters. The highest BCUT2D eigenvalue weighted by atomic mass is 79.9. The Labute approximate surface area is 117 Å². The van der Waals surface area contributed by atoms with Crippen molar-refractivity contribution in [3.05, 3.63) is 63.1 Å². The van der Waals surface area contributed by atoms with Crippen molar-refractivity contribution in [3.8, 4) is 0 Å². The molecule has 2 aromatic rings. The fraction of sp³-hybridized carbons (Fsp3) is 0.0769. The van der Waals surface area contributed by atoms with Crippen LogP contribution < -0.4 is 5.32 Å². The van der Waals surface area contributed by atoms with Gasteiger partial charge >= 0.3 is 0 Å². The van der Waals surface area contributed by atoms with Crippen molar-refractivity contribution < 1.29 is 8.78 Å². The number of halogens is 4. The Hall–Kier alpha value is -1.13. The number of rotatable bonds is 3. The largest absolute Gasteiger partial charge is 0.379 e. The summed E-state index contributed by atoms with van der Waals surface area (Å²) >= 11 is 8.68. The maximum atomic E-state index is 13.5. The molecule has 2 rings (SSSR count). The fourth-order valence-corrected chi connectivity index (χ4v) is 1.90. The zero-order valence-corrected chi connectivity index (χ0v) is 11.5. The molecule has 0 spiro atoms. The molecule has 0 unspecified atom stereocenters. The molecule has 2 aromatic carbocycles. The van der Waals surface area contributed by atoms with Gasteiger partial charge in [0.2, 0.25) is 0 Å². The average molecular weight is 333 g/mol. The van der Waals surface area contributed by atoms with Crippen LogP contribution in [0.1, 0.15) is 5.56 Å². The maximum absolute atomic E-state index is 13.5. The van der Waals surface area contributed by atoms with Crippen molar-refractivity contribution >= 4 is 33.2 Å². The number of hydrogen-bond acceptors (Lipinski definition) is 1. The van der Waals surface area contributed by atoms with Crippen LogP contribution in [-0.4, -0.2) is 0 Å². The van der Waals surface area contributed by atoms with Crippen LogP contribution >= 0.6 is 27.5 Å². The summed E-state index contributed by atoms with van der Waals surface area (Å²) in [7, 11) is 0. The molecule has 0 amide bonds. The Morgan fingerprint density at radius 3 is 2.39 bits per heavy atom. The van der Waals surface area contributed by atoms with Gasteiger partial charge in [-0.2, -0.15) is 0 Å². The molecule has 0 heterocycles. The first-order chi connectivity index (χ1) is 8.56. The van der Waals surface area contributed by atoms with E-state index in [1.54, 1.807) is 12.1 Å². The van der Waals surface area contributed by atoms with Gasteiger partial charge in [0.25, 0.3) is 0 Å². The Morgan fingerprint density at radius 1 is 1.06 bits per heavy atom. The van der Waals surface area contributed by atoms with E-state index in [-0.39, 0.29) is 10.2 Å². The molecular weight excluding hydrogens is 324 g/mol. The molecule has 0 aliphatic rings. The maximum Gasteiger partial charge on any atom is 0.147 e. The van der Waals surface area contributed by atoms with Gasteiger partial charge < -0.3 is 5.32 Å². The molecular formula is C13H9BrClF2N. The summed E-state index contributed by atoms with van der Waals surface area (Å²) in [6.45, 7) is 0.398. The standard InChI is InChI=1S/C13H9BrClF2N/c14-10-5-12(17)13(6-11(10)16)18-7-8-1-3-9(15)4-2-8/h1-6,18H,7H2. The van der Waals surface area contributed by atoms with Crippen LogP contribution in [0.3, 0.4) is 0 Å². The van der Waals surface area contributed by atoms with E-state index in [0.29, 0.717) is 11.6 Å². The molecule has 94 valence electrons. The van der Waals surface area contributed by atoms with Crippen molar-refractivity contribution in [2.45, 2.75) is 6.54 Å². The summed E-state index contributed by atoms with van der Waals surface area (Å²) in [4.78, 5) is 0. The Balaban J connectivity index is 2.10.